The Labute approximate surface area is 137 Å². The summed E-state index contributed by atoms with van der Waals surface area (Å²) in [4.78, 5) is 39.2. The van der Waals surface area contributed by atoms with Crippen molar-refractivity contribution < 1.29 is 19.1 Å². The van der Waals surface area contributed by atoms with Crippen LogP contribution >= 0.6 is 0 Å². The zero-order valence-corrected chi connectivity index (χ0v) is 14.0. The first-order valence-corrected chi connectivity index (χ1v) is 8.52. The van der Waals surface area contributed by atoms with Crippen LogP contribution in [0.5, 0.6) is 0 Å². The van der Waals surface area contributed by atoms with Gasteiger partial charge in [-0.3, -0.25) is 9.59 Å². The van der Waals surface area contributed by atoms with Gasteiger partial charge in [0.25, 0.3) is 0 Å². The molecular weight excluding hydrogens is 298 g/mol. The van der Waals surface area contributed by atoms with Gasteiger partial charge in [0.2, 0.25) is 0 Å². The Bertz CT molecular complexity index is 447. The second-order valence-corrected chi connectivity index (χ2v) is 6.43. The molecule has 0 radical (unpaired) electrons. The summed E-state index contributed by atoms with van der Waals surface area (Å²) in [6.45, 7) is 6.64. The monoisotopic (exact) mass is 325 g/mol. The molecule has 1 N–H and O–H groups in total. The van der Waals surface area contributed by atoms with Crippen LogP contribution in [0.3, 0.4) is 0 Å². The van der Waals surface area contributed by atoms with Crippen LogP contribution in [-0.4, -0.2) is 66.5 Å². The Kier molecular flexibility index (Phi) is 6.24. The number of carbonyl (C=O) groups is 3. The van der Waals surface area contributed by atoms with Gasteiger partial charge in [-0.1, -0.05) is 6.92 Å². The first-order chi connectivity index (χ1) is 11.0. The lowest BCUT2D eigenvalue weighted by Crippen LogP contribution is -2.52. The lowest BCUT2D eigenvalue weighted by Gasteiger charge is -2.33. The third-order valence-corrected chi connectivity index (χ3v) is 4.49. The molecule has 3 amide bonds. The van der Waals surface area contributed by atoms with Crippen LogP contribution in [0.4, 0.5) is 4.79 Å². The standard InChI is InChI=1S/C16H27N3O4/c1-3-23-16(22)18-9-6-13(7-10-18)17-14(20)15(21)19-8-4-5-12(2)11-19/h12-13H,3-11H2,1-2H3,(H,17,20). The van der Waals surface area contributed by atoms with E-state index in [-0.39, 0.29) is 12.1 Å². The molecule has 0 aromatic carbocycles. The molecule has 23 heavy (non-hydrogen) atoms. The Hall–Kier alpha value is -1.79. The number of piperidine rings is 2. The molecule has 1 unspecified atom stereocenters. The molecule has 2 aliphatic rings. The SMILES string of the molecule is CCOC(=O)N1CCC(NC(=O)C(=O)N2CCCC(C)C2)CC1. The average Bonchev–Trinajstić information content (AvgIpc) is 2.55. The van der Waals surface area contributed by atoms with Crippen LogP contribution in [0.1, 0.15) is 39.5 Å². The van der Waals surface area contributed by atoms with Crippen molar-refractivity contribution in [2.45, 2.75) is 45.6 Å². The third-order valence-electron chi connectivity index (χ3n) is 4.49. The Morgan fingerprint density at radius 1 is 1.09 bits per heavy atom. The third kappa shape index (κ3) is 4.84. The molecule has 0 aliphatic carbocycles. The fraction of sp³-hybridized carbons (Fsp3) is 0.812. The Balaban J connectivity index is 1.76. The number of rotatable bonds is 2. The molecule has 0 bridgehead atoms. The summed E-state index contributed by atoms with van der Waals surface area (Å²) in [5.74, 6) is -0.494. The van der Waals surface area contributed by atoms with Crippen LogP contribution in [0, 0.1) is 5.92 Å². The van der Waals surface area contributed by atoms with E-state index in [1.165, 1.54) is 0 Å². The van der Waals surface area contributed by atoms with Gasteiger partial charge in [0.1, 0.15) is 0 Å². The van der Waals surface area contributed by atoms with E-state index < -0.39 is 11.8 Å². The minimum Gasteiger partial charge on any atom is -0.450 e. The van der Waals surface area contributed by atoms with Crippen LogP contribution in [0.25, 0.3) is 0 Å². The number of carbonyl (C=O) groups excluding carboxylic acids is 3. The minimum absolute atomic E-state index is 0.0562. The number of likely N-dealkylation sites (tertiary alicyclic amines) is 2. The molecule has 1 atom stereocenters. The normalized spacial score (nSPS) is 22.6. The Morgan fingerprint density at radius 3 is 2.39 bits per heavy atom. The number of amides is 3. The fourth-order valence-corrected chi connectivity index (χ4v) is 3.19. The predicted octanol–water partition coefficient (Wildman–Crippen LogP) is 0.982. The highest BCUT2D eigenvalue weighted by Gasteiger charge is 2.29. The molecular formula is C16H27N3O4. The number of nitrogens with zero attached hydrogens (tertiary/aromatic N) is 2. The second kappa shape index (κ2) is 8.17. The minimum atomic E-state index is -0.520. The van der Waals surface area contributed by atoms with E-state index in [9.17, 15) is 14.4 Å². The summed E-state index contributed by atoms with van der Waals surface area (Å²) in [5.41, 5.74) is 0. The molecule has 2 aliphatic heterocycles. The molecule has 0 aromatic rings. The van der Waals surface area contributed by atoms with Crippen molar-refractivity contribution in [1.82, 2.24) is 15.1 Å². The van der Waals surface area contributed by atoms with Gasteiger partial charge in [0.15, 0.2) is 0 Å². The molecule has 7 heteroatoms. The van der Waals surface area contributed by atoms with E-state index >= 15 is 0 Å². The highest BCUT2D eigenvalue weighted by molar-refractivity contribution is 6.35. The van der Waals surface area contributed by atoms with Gasteiger partial charge in [-0.25, -0.2) is 4.79 Å². The summed E-state index contributed by atoms with van der Waals surface area (Å²) in [7, 11) is 0. The van der Waals surface area contributed by atoms with E-state index in [4.69, 9.17) is 4.74 Å². The summed E-state index contributed by atoms with van der Waals surface area (Å²) >= 11 is 0. The smallest absolute Gasteiger partial charge is 0.409 e. The summed E-state index contributed by atoms with van der Waals surface area (Å²) < 4.78 is 4.96. The first-order valence-electron chi connectivity index (χ1n) is 8.52. The van der Waals surface area contributed by atoms with Crippen molar-refractivity contribution in [2.75, 3.05) is 32.8 Å². The van der Waals surface area contributed by atoms with Gasteiger partial charge >= 0.3 is 17.9 Å². The number of nitrogens with one attached hydrogen (secondary N) is 1. The molecule has 0 spiro atoms. The highest BCUT2D eigenvalue weighted by atomic mass is 16.6. The van der Waals surface area contributed by atoms with Gasteiger partial charge in [0, 0.05) is 32.2 Å². The number of hydrogen-bond acceptors (Lipinski definition) is 4. The van der Waals surface area contributed by atoms with Gasteiger partial charge in [0.05, 0.1) is 6.61 Å². The van der Waals surface area contributed by atoms with Crippen molar-refractivity contribution in [3.63, 3.8) is 0 Å². The lowest BCUT2D eigenvalue weighted by atomic mass is 10.00. The van der Waals surface area contributed by atoms with E-state index in [2.05, 4.69) is 12.2 Å². The summed E-state index contributed by atoms with van der Waals surface area (Å²) in [6.07, 6.45) is 3.05. The second-order valence-electron chi connectivity index (χ2n) is 6.43. The van der Waals surface area contributed by atoms with E-state index in [1.54, 1.807) is 16.7 Å². The van der Waals surface area contributed by atoms with Crippen molar-refractivity contribution in [2.24, 2.45) is 5.92 Å². The van der Waals surface area contributed by atoms with Gasteiger partial charge in [-0.05, 0) is 38.5 Å². The average molecular weight is 325 g/mol. The molecule has 7 nitrogen and oxygen atoms in total. The largest absolute Gasteiger partial charge is 0.450 e. The summed E-state index contributed by atoms with van der Waals surface area (Å²) in [6, 6.07) is -0.0562. The Morgan fingerprint density at radius 2 is 1.78 bits per heavy atom. The van der Waals surface area contributed by atoms with E-state index in [0.717, 1.165) is 12.8 Å². The zero-order chi connectivity index (χ0) is 16.8. The highest BCUT2D eigenvalue weighted by Crippen LogP contribution is 2.16. The predicted molar refractivity (Wildman–Crippen MR) is 84.7 cm³/mol. The molecule has 0 aromatic heterocycles. The van der Waals surface area contributed by atoms with Crippen molar-refractivity contribution in [3.05, 3.63) is 0 Å². The van der Waals surface area contributed by atoms with Gasteiger partial charge < -0.3 is 19.9 Å². The quantitative estimate of drug-likeness (QED) is 0.768. The molecule has 2 fully saturated rings. The van der Waals surface area contributed by atoms with E-state index in [0.29, 0.717) is 51.5 Å². The van der Waals surface area contributed by atoms with Crippen LogP contribution in [-0.2, 0) is 14.3 Å². The maximum atomic E-state index is 12.2. The van der Waals surface area contributed by atoms with Gasteiger partial charge in [-0.2, -0.15) is 0 Å². The van der Waals surface area contributed by atoms with Crippen LogP contribution in [0.2, 0.25) is 0 Å². The number of ether oxygens (including phenoxy) is 1. The molecule has 2 heterocycles. The summed E-state index contributed by atoms with van der Waals surface area (Å²) in [5, 5.41) is 2.81. The molecule has 2 rings (SSSR count). The van der Waals surface area contributed by atoms with Crippen molar-refractivity contribution >= 4 is 17.9 Å². The van der Waals surface area contributed by atoms with Gasteiger partial charge in [-0.15, -0.1) is 0 Å². The van der Waals surface area contributed by atoms with E-state index in [1.807, 2.05) is 0 Å². The first kappa shape index (κ1) is 17.6. The van der Waals surface area contributed by atoms with Crippen LogP contribution < -0.4 is 5.32 Å². The lowest BCUT2D eigenvalue weighted by molar-refractivity contribution is -0.147. The molecule has 2 saturated heterocycles. The zero-order valence-electron chi connectivity index (χ0n) is 14.0. The fourth-order valence-electron chi connectivity index (χ4n) is 3.19. The number of hydrogen-bond donors (Lipinski definition) is 1. The topological polar surface area (TPSA) is 79.0 Å². The molecule has 130 valence electrons. The maximum absolute atomic E-state index is 12.2. The van der Waals surface area contributed by atoms with Crippen LogP contribution in [0.15, 0.2) is 0 Å². The van der Waals surface area contributed by atoms with Crippen molar-refractivity contribution in [1.29, 1.82) is 0 Å². The van der Waals surface area contributed by atoms with Crippen molar-refractivity contribution in [3.8, 4) is 0 Å². The maximum Gasteiger partial charge on any atom is 0.409 e. The molecule has 0 saturated carbocycles.